The lowest BCUT2D eigenvalue weighted by molar-refractivity contribution is -0.118. The van der Waals surface area contributed by atoms with E-state index in [2.05, 4.69) is 15.5 Å². The molecule has 18 heavy (non-hydrogen) atoms. The van der Waals surface area contributed by atoms with Gasteiger partial charge in [-0.25, -0.2) is 0 Å². The second-order valence-electron chi connectivity index (χ2n) is 4.09. The lowest BCUT2D eigenvalue weighted by atomic mass is 10.2. The van der Waals surface area contributed by atoms with Gasteiger partial charge in [-0.15, -0.1) is 0 Å². The summed E-state index contributed by atoms with van der Waals surface area (Å²) in [5.41, 5.74) is 1.99. The highest BCUT2D eigenvalue weighted by Crippen LogP contribution is 2.12. The lowest BCUT2D eigenvalue weighted by Crippen LogP contribution is -2.20. The van der Waals surface area contributed by atoms with Crippen LogP contribution in [0.3, 0.4) is 0 Å². The molecule has 0 saturated carbocycles. The zero-order valence-corrected chi connectivity index (χ0v) is 10.4. The second kappa shape index (κ2) is 5.35. The average Bonchev–Trinajstić information content (AvgIpc) is 2.72. The van der Waals surface area contributed by atoms with Crippen LogP contribution >= 0.6 is 0 Å². The quantitative estimate of drug-likeness (QED) is 0.866. The third kappa shape index (κ3) is 3.35. The van der Waals surface area contributed by atoms with Crippen LogP contribution in [0.25, 0.3) is 0 Å². The van der Waals surface area contributed by atoms with E-state index >= 15 is 0 Å². The van der Waals surface area contributed by atoms with Crippen molar-refractivity contribution >= 4 is 11.7 Å². The Morgan fingerprint density at radius 2 is 2.22 bits per heavy atom. The molecular formula is C13H15N3O2. The molecule has 1 heterocycles. The van der Waals surface area contributed by atoms with E-state index in [0.29, 0.717) is 11.6 Å². The van der Waals surface area contributed by atoms with Gasteiger partial charge < -0.3 is 10.1 Å². The first-order chi connectivity index (χ1) is 8.63. The minimum atomic E-state index is -0.233. The summed E-state index contributed by atoms with van der Waals surface area (Å²) in [4.78, 5) is 11.6. The highest BCUT2D eigenvalue weighted by molar-refractivity contribution is 5.90. The number of benzene rings is 1. The standard InChI is InChI=1S/C13H15N3O2/c1-9-4-3-5-11(6-9)18-8-13(17)14-12-7-10(2)15-16-12/h3-7H,8H2,1-2H3,(H2,14,15,16,17). The first-order valence-electron chi connectivity index (χ1n) is 5.65. The normalized spacial score (nSPS) is 10.1. The van der Waals surface area contributed by atoms with E-state index in [4.69, 9.17) is 4.74 Å². The van der Waals surface area contributed by atoms with E-state index < -0.39 is 0 Å². The molecule has 5 heteroatoms. The number of hydrogen-bond acceptors (Lipinski definition) is 3. The molecule has 0 radical (unpaired) electrons. The van der Waals surface area contributed by atoms with Crippen molar-refractivity contribution in [3.8, 4) is 5.75 Å². The summed E-state index contributed by atoms with van der Waals surface area (Å²) >= 11 is 0. The number of ether oxygens (including phenoxy) is 1. The van der Waals surface area contributed by atoms with Crippen LogP contribution in [-0.4, -0.2) is 22.7 Å². The highest BCUT2D eigenvalue weighted by atomic mass is 16.5. The van der Waals surface area contributed by atoms with Crippen molar-refractivity contribution in [2.75, 3.05) is 11.9 Å². The molecule has 0 aliphatic rings. The molecule has 0 aliphatic carbocycles. The molecule has 1 aromatic heterocycles. The number of nitrogens with one attached hydrogen (secondary N) is 2. The number of rotatable bonds is 4. The number of H-pyrrole nitrogens is 1. The van der Waals surface area contributed by atoms with E-state index in [1.165, 1.54) is 0 Å². The largest absolute Gasteiger partial charge is 0.484 e. The van der Waals surface area contributed by atoms with E-state index in [1.807, 2.05) is 38.1 Å². The van der Waals surface area contributed by atoms with Crippen molar-refractivity contribution in [3.05, 3.63) is 41.6 Å². The van der Waals surface area contributed by atoms with Crippen LogP contribution in [0.5, 0.6) is 5.75 Å². The number of carbonyl (C=O) groups excluding carboxylic acids is 1. The summed E-state index contributed by atoms with van der Waals surface area (Å²) in [5, 5.41) is 9.30. The second-order valence-corrected chi connectivity index (χ2v) is 4.09. The van der Waals surface area contributed by atoms with E-state index in [0.717, 1.165) is 11.3 Å². The first-order valence-corrected chi connectivity index (χ1v) is 5.65. The topological polar surface area (TPSA) is 67.0 Å². The van der Waals surface area contributed by atoms with Crippen molar-refractivity contribution in [1.82, 2.24) is 10.2 Å². The van der Waals surface area contributed by atoms with Crippen LogP contribution in [0.2, 0.25) is 0 Å². The minimum absolute atomic E-state index is 0.0324. The molecule has 2 rings (SSSR count). The molecule has 2 N–H and O–H groups in total. The van der Waals surface area contributed by atoms with E-state index in [-0.39, 0.29) is 12.5 Å². The molecule has 0 fully saturated rings. The maximum Gasteiger partial charge on any atom is 0.263 e. The van der Waals surface area contributed by atoms with Gasteiger partial charge in [-0.3, -0.25) is 9.89 Å². The van der Waals surface area contributed by atoms with Crippen molar-refractivity contribution in [1.29, 1.82) is 0 Å². The van der Waals surface area contributed by atoms with Crippen LogP contribution in [0, 0.1) is 13.8 Å². The van der Waals surface area contributed by atoms with Crippen LogP contribution < -0.4 is 10.1 Å². The Bertz CT molecular complexity index is 549. The van der Waals surface area contributed by atoms with Crippen molar-refractivity contribution in [2.24, 2.45) is 0 Å². The number of anilines is 1. The van der Waals surface area contributed by atoms with Gasteiger partial charge in [-0.05, 0) is 31.5 Å². The highest BCUT2D eigenvalue weighted by Gasteiger charge is 2.05. The predicted molar refractivity (Wildman–Crippen MR) is 68.6 cm³/mol. The van der Waals surface area contributed by atoms with Gasteiger partial charge in [0.25, 0.3) is 5.91 Å². The summed E-state index contributed by atoms with van der Waals surface area (Å²) in [5.74, 6) is 0.955. The summed E-state index contributed by atoms with van der Waals surface area (Å²) < 4.78 is 5.38. The van der Waals surface area contributed by atoms with Crippen LogP contribution in [0.4, 0.5) is 5.82 Å². The summed E-state index contributed by atoms with van der Waals surface area (Å²) in [6.07, 6.45) is 0. The Balaban J connectivity index is 1.85. The van der Waals surface area contributed by atoms with Gasteiger partial charge in [0.15, 0.2) is 12.4 Å². The molecule has 0 aliphatic heterocycles. The monoisotopic (exact) mass is 245 g/mol. The Morgan fingerprint density at radius 3 is 2.89 bits per heavy atom. The first kappa shape index (κ1) is 12.2. The lowest BCUT2D eigenvalue weighted by Gasteiger charge is -2.06. The maximum absolute atomic E-state index is 11.6. The van der Waals surface area contributed by atoms with Gasteiger partial charge in [-0.1, -0.05) is 12.1 Å². The third-order valence-electron chi connectivity index (χ3n) is 2.33. The Morgan fingerprint density at radius 1 is 1.39 bits per heavy atom. The Hall–Kier alpha value is -2.30. The van der Waals surface area contributed by atoms with Gasteiger partial charge in [0.2, 0.25) is 0 Å². The number of carbonyl (C=O) groups is 1. The van der Waals surface area contributed by atoms with Crippen molar-refractivity contribution in [2.45, 2.75) is 13.8 Å². The molecular weight excluding hydrogens is 230 g/mol. The molecule has 94 valence electrons. The van der Waals surface area contributed by atoms with Gasteiger partial charge in [0.05, 0.1) is 0 Å². The molecule has 2 aromatic rings. The zero-order valence-electron chi connectivity index (χ0n) is 10.4. The van der Waals surface area contributed by atoms with Gasteiger partial charge in [0.1, 0.15) is 5.75 Å². The molecule has 1 aromatic carbocycles. The number of aromatic amines is 1. The Labute approximate surface area is 105 Å². The summed E-state index contributed by atoms with van der Waals surface area (Å²) in [6.45, 7) is 3.81. The van der Waals surface area contributed by atoms with E-state index in [9.17, 15) is 4.79 Å². The number of amides is 1. The predicted octanol–water partition coefficient (Wildman–Crippen LogP) is 2.04. The van der Waals surface area contributed by atoms with Crippen molar-refractivity contribution in [3.63, 3.8) is 0 Å². The Kier molecular flexibility index (Phi) is 3.62. The average molecular weight is 245 g/mol. The number of hydrogen-bond donors (Lipinski definition) is 2. The molecule has 0 unspecified atom stereocenters. The van der Waals surface area contributed by atoms with Crippen molar-refractivity contribution < 1.29 is 9.53 Å². The van der Waals surface area contributed by atoms with E-state index in [1.54, 1.807) is 6.07 Å². The molecule has 0 spiro atoms. The SMILES string of the molecule is Cc1cccc(OCC(=O)Nc2cc(C)[nH]n2)c1. The summed E-state index contributed by atoms with van der Waals surface area (Å²) in [7, 11) is 0. The maximum atomic E-state index is 11.6. The molecule has 0 saturated heterocycles. The van der Waals surface area contributed by atoms with Gasteiger partial charge in [0, 0.05) is 11.8 Å². The summed E-state index contributed by atoms with van der Waals surface area (Å²) in [6, 6.07) is 9.31. The zero-order chi connectivity index (χ0) is 13.0. The molecule has 0 atom stereocenters. The minimum Gasteiger partial charge on any atom is -0.484 e. The number of nitrogens with zero attached hydrogens (tertiary/aromatic N) is 1. The van der Waals surface area contributed by atoms with Crippen LogP contribution in [0.15, 0.2) is 30.3 Å². The van der Waals surface area contributed by atoms with Crippen LogP contribution in [0.1, 0.15) is 11.3 Å². The third-order valence-corrected chi connectivity index (χ3v) is 2.33. The smallest absolute Gasteiger partial charge is 0.263 e. The fraction of sp³-hybridized carbons (Fsp3) is 0.231. The van der Waals surface area contributed by atoms with Gasteiger partial charge in [-0.2, -0.15) is 5.10 Å². The fourth-order valence-corrected chi connectivity index (χ4v) is 1.52. The molecule has 1 amide bonds. The molecule has 0 bridgehead atoms. The van der Waals surface area contributed by atoms with Crippen LogP contribution in [-0.2, 0) is 4.79 Å². The number of aromatic nitrogens is 2. The number of aryl methyl sites for hydroxylation is 2. The molecule has 5 nitrogen and oxygen atoms in total. The van der Waals surface area contributed by atoms with Gasteiger partial charge >= 0.3 is 0 Å². The fourth-order valence-electron chi connectivity index (χ4n) is 1.52.